The van der Waals surface area contributed by atoms with Crippen LogP contribution in [-0.4, -0.2) is 50.1 Å². The van der Waals surface area contributed by atoms with Crippen LogP contribution in [0.25, 0.3) is 0 Å². The number of carbonyl (C=O) groups excluding carboxylic acids is 4. The fourth-order valence-electron chi connectivity index (χ4n) is 11.5. The molecule has 5 aliphatic rings. The first-order valence-corrected chi connectivity index (χ1v) is 17.0. The van der Waals surface area contributed by atoms with Crippen molar-refractivity contribution in [3.8, 4) is 0 Å². The SMILES string of the molecule is CCOC(=O)CNC(=O)N[C@H]1CC[C@@]2(C)[C@H](CC[C@@]3(C)[C@H]2C(=O)C=C2[C@H]4C[C@@](C)(C(=O)OC)CC[C@]4(C)CC[C@]23C)C1(C)C. The number of amides is 2. The van der Waals surface area contributed by atoms with Crippen LogP contribution in [0.15, 0.2) is 11.6 Å². The van der Waals surface area contributed by atoms with Gasteiger partial charge in [0, 0.05) is 12.0 Å². The van der Waals surface area contributed by atoms with Crippen molar-refractivity contribution in [1.82, 2.24) is 10.6 Å². The van der Waals surface area contributed by atoms with Gasteiger partial charge < -0.3 is 20.1 Å². The molecule has 0 radical (unpaired) electrons. The van der Waals surface area contributed by atoms with Crippen molar-refractivity contribution in [1.29, 1.82) is 0 Å². The molecule has 8 nitrogen and oxygen atoms in total. The average Bonchev–Trinajstić information content (AvgIpc) is 2.95. The number of carbonyl (C=O) groups is 4. The third kappa shape index (κ3) is 4.74. The smallest absolute Gasteiger partial charge is 0.325 e. The highest BCUT2D eigenvalue weighted by Crippen LogP contribution is 2.75. The van der Waals surface area contributed by atoms with Crippen LogP contribution in [0, 0.1) is 50.2 Å². The van der Waals surface area contributed by atoms with Crippen LogP contribution in [0.4, 0.5) is 4.79 Å². The maximum Gasteiger partial charge on any atom is 0.325 e. The van der Waals surface area contributed by atoms with E-state index in [0.717, 1.165) is 57.8 Å². The summed E-state index contributed by atoms with van der Waals surface area (Å²) in [6.07, 6.45) is 10.4. The van der Waals surface area contributed by atoms with Crippen LogP contribution in [0.5, 0.6) is 0 Å². The molecule has 2 amide bonds. The van der Waals surface area contributed by atoms with Crippen molar-refractivity contribution >= 4 is 23.8 Å². The third-order valence-electron chi connectivity index (χ3n) is 14.3. The van der Waals surface area contributed by atoms with Gasteiger partial charge in [-0.25, -0.2) is 4.79 Å². The van der Waals surface area contributed by atoms with Gasteiger partial charge in [0.2, 0.25) is 0 Å². The highest BCUT2D eigenvalue weighted by atomic mass is 16.5. The predicted molar refractivity (Wildman–Crippen MR) is 168 cm³/mol. The Bertz CT molecular complexity index is 1260. The Hall–Kier alpha value is -2.38. The van der Waals surface area contributed by atoms with Crippen molar-refractivity contribution < 1.29 is 28.7 Å². The number of urea groups is 1. The second kappa shape index (κ2) is 10.9. The molecule has 0 spiro atoms. The van der Waals surface area contributed by atoms with Gasteiger partial charge in [0.05, 0.1) is 19.1 Å². The van der Waals surface area contributed by atoms with Gasteiger partial charge in [-0.3, -0.25) is 14.4 Å². The van der Waals surface area contributed by atoms with Gasteiger partial charge in [-0.1, -0.05) is 47.1 Å². The molecule has 5 rings (SSSR count). The molecule has 0 aromatic rings. The van der Waals surface area contributed by atoms with Gasteiger partial charge in [0.25, 0.3) is 0 Å². The Morgan fingerprint density at radius 2 is 1.61 bits per heavy atom. The maximum absolute atomic E-state index is 14.6. The number of rotatable bonds is 5. The van der Waals surface area contributed by atoms with E-state index in [1.54, 1.807) is 6.92 Å². The van der Waals surface area contributed by atoms with E-state index < -0.39 is 11.4 Å². The molecule has 8 heteroatoms. The first-order chi connectivity index (χ1) is 20.4. The molecule has 4 saturated carbocycles. The minimum absolute atomic E-state index is 0.0684. The third-order valence-corrected chi connectivity index (χ3v) is 14.3. The number of ketones is 1. The summed E-state index contributed by atoms with van der Waals surface area (Å²) in [5.74, 6) is 0.0274. The summed E-state index contributed by atoms with van der Waals surface area (Å²) in [5.41, 5.74) is 0.102. The summed E-state index contributed by atoms with van der Waals surface area (Å²) in [4.78, 5) is 52.1. The van der Waals surface area contributed by atoms with Crippen LogP contribution in [0.1, 0.15) is 113 Å². The molecule has 44 heavy (non-hydrogen) atoms. The van der Waals surface area contributed by atoms with Crippen molar-refractivity contribution in [3.63, 3.8) is 0 Å². The lowest BCUT2D eigenvalue weighted by atomic mass is 9.33. The fraction of sp³-hybridized carbons (Fsp3) is 0.833. The molecule has 2 N–H and O–H groups in total. The zero-order valence-electron chi connectivity index (χ0n) is 28.6. The van der Waals surface area contributed by atoms with E-state index in [9.17, 15) is 19.2 Å². The molecule has 0 unspecified atom stereocenters. The zero-order chi connectivity index (χ0) is 32.5. The Morgan fingerprint density at radius 1 is 0.932 bits per heavy atom. The average molecular weight is 613 g/mol. The quantitative estimate of drug-likeness (QED) is 0.349. The largest absolute Gasteiger partial charge is 0.469 e. The van der Waals surface area contributed by atoms with Crippen LogP contribution >= 0.6 is 0 Å². The number of ether oxygens (including phenoxy) is 2. The molecule has 4 fully saturated rings. The fourth-order valence-corrected chi connectivity index (χ4v) is 11.5. The lowest BCUT2D eigenvalue weighted by Gasteiger charge is -2.70. The molecule has 0 aromatic carbocycles. The van der Waals surface area contributed by atoms with Crippen LogP contribution < -0.4 is 10.6 Å². The molecule has 9 atom stereocenters. The second-order valence-electron chi connectivity index (χ2n) is 16.8. The predicted octanol–water partition coefficient (Wildman–Crippen LogP) is 6.37. The topological polar surface area (TPSA) is 111 Å². The van der Waals surface area contributed by atoms with E-state index in [4.69, 9.17) is 9.47 Å². The number of allylic oxidation sites excluding steroid dienone is 2. The summed E-state index contributed by atoms with van der Waals surface area (Å²) < 4.78 is 10.2. The first kappa shape index (κ1) is 33.0. The van der Waals surface area contributed by atoms with E-state index >= 15 is 0 Å². The molecule has 246 valence electrons. The van der Waals surface area contributed by atoms with Gasteiger partial charge in [-0.15, -0.1) is 0 Å². The van der Waals surface area contributed by atoms with Crippen molar-refractivity contribution in [3.05, 3.63) is 11.6 Å². The van der Waals surface area contributed by atoms with E-state index in [-0.39, 0.29) is 81.8 Å². The molecule has 0 aliphatic heterocycles. The summed E-state index contributed by atoms with van der Waals surface area (Å²) in [6.45, 7) is 18.0. The normalized spacial score (nSPS) is 44.0. The first-order valence-electron chi connectivity index (χ1n) is 17.0. The Morgan fingerprint density at radius 3 is 2.27 bits per heavy atom. The minimum Gasteiger partial charge on any atom is -0.469 e. The minimum atomic E-state index is -0.527. The maximum atomic E-state index is 14.6. The molecule has 5 aliphatic carbocycles. The number of hydrogen-bond donors (Lipinski definition) is 2. The zero-order valence-corrected chi connectivity index (χ0v) is 28.6. The molecule has 0 saturated heterocycles. The van der Waals surface area contributed by atoms with E-state index in [0.29, 0.717) is 0 Å². The van der Waals surface area contributed by atoms with Crippen molar-refractivity contribution in [2.75, 3.05) is 20.3 Å². The van der Waals surface area contributed by atoms with Gasteiger partial charge in [0.15, 0.2) is 5.78 Å². The second-order valence-corrected chi connectivity index (χ2v) is 16.8. The standard InChI is InChI=1S/C36H56N2O6/c1-10-44-27(40)21-37-30(42)38-26-12-13-34(6)25(31(26,2)3)11-14-36(8)28(34)24(39)19-22-23-20-33(5,29(41)43-9)16-15-32(23,4)17-18-35(22,36)7/h19,23,25-26,28H,10-18,20-21H2,1-9H3,(H2,37,38,42)/t23-,25-,26+,28+,32-,33+,34+,35-,36+/m1/s1. The number of hydrogen-bond acceptors (Lipinski definition) is 6. The van der Waals surface area contributed by atoms with Crippen LogP contribution in [-0.2, 0) is 23.9 Å². The summed E-state index contributed by atoms with van der Waals surface area (Å²) in [7, 11) is 1.49. The molecule has 0 bridgehead atoms. The summed E-state index contributed by atoms with van der Waals surface area (Å²) in [6, 6.07) is -0.424. The number of methoxy groups -OCH3 is 1. The Kier molecular flexibility index (Phi) is 8.15. The molecular formula is C36H56N2O6. The summed E-state index contributed by atoms with van der Waals surface area (Å²) in [5, 5.41) is 5.82. The Balaban J connectivity index is 1.44. The lowest BCUT2D eigenvalue weighted by molar-refractivity contribution is -0.189. The highest BCUT2D eigenvalue weighted by Gasteiger charge is 2.70. The van der Waals surface area contributed by atoms with Gasteiger partial charge in [0.1, 0.15) is 6.54 Å². The van der Waals surface area contributed by atoms with E-state index in [1.165, 1.54) is 12.7 Å². The number of fused-ring (bicyclic) bond motifs is 7. The van der Waals surface area contributed by atoms with E-state index in [1.807, 2.05) is 6.08 Å². The monoisotopic (exact) mass is 612 g/mol. The van der Waals surface area contributed by atoms with Gasteiger partial charge in [-0.2, -0.15) is 0 Å². The van der Waals surface area contributed by atoms with Crippen LogP contribution in [0.2, 0.25) is 0 Å². The molecule has 0 heterocycles. The van der Waals surface area contributed by atoms with Gasteiger partial charge >= 0.3 is 18.0 Å². The van der Waals surface area contributed by atoms with Crippen LogP contribution in [0.3, 0.4) is 0 Å². The van der Waals surface area contributed by atoms with E-state index in [2.05, 4.69) is 59.1 Å². The number of nitrogens with one attached hydrogen (secondary N) is 2. The van der Waals surface area contributed by atoms with Crippen molar-refractivity contribution in [2.24, 2.45) is 50.2 Å². The van der Waals surface area contributed by atoms with Crippen molar-refractivity contribution in [2.45, 2.75) is 119 Å². The highest BCUT2D eigenvalue weighted by molar-refractivity contribution is 5.95. The molecular weight excluding hydrogens is 556 g/mol. The lowest BCUT2D eigenvalue weighted by Crippen LogP contribution is -2.68. The Labute approximate surface area is 264 Å². The summed E-state index contributed by atoms with van der Waals surface area (Å²) >= 11 is 0. The van der Waals surface area contributed by atoms with Gasteiger partial charge in [-0.05, 0) is 117 Å². The molecule has 0 aromatic heterocycles. The number of esters is 2.